The van der Waals surface area contributed by atoms with Crippen LogP contribution >= 0.6 is 11.6 Å². The van der Waals surface area contributed by atoms with Gasteiger partial charge in [-0.25, -0.2) is 4.79 Å². The number of carboxylic acids is 1. The van der Waals surface area contributed by atoms with E-state index in [0.29, 0.717) is 0 Å². The molecule has 0 radical (unpaired) electrons. The highest BCUT2D eigenvalue weighted by Crippen LogP contribution is 2.45. The molecule has 0 saturated heterocycles. The molecule has 1 atom stereocenters. The van der Waals surface area contributed by atoms with E-state index in [2.05, 4.69) is 0 Å². The Morgan fingerprint density at radius 3 is 2.41 bits per heavy atom. The number of aliphatic hydroxyl groups excluding tert-OH is 1. The van der Waals surface area contributed by atoms with Crippen molar-refractivity contribution in [2.45, 2.75) is 6.10 Å². The first kappa shape index (κ1) is 13.4. The number of aromatic hydroxyl groups is 1. The second-order valence-electron chi connectivity index (χ2n) is 3.10. The summed E-state index contributed by atoms with van der Waals surface area (Å²) in [5, 5.41) is 27.7. The van der Waals surface area contributed by atoms with Gasteiger partial charge in [0, 0.05) is 6.07 Å². The van der Waals surface area contributed by atoms with E-state index in [1.807, 2.05) is 0 Å². The van der Waals surface area contributed by atoms with E-state index in [1.165, 1.54) is 20.3 Å². The van der Waals surface area contributed by atoms with Crippen LogP contribution in [0.15, 0.2) is 6.07 Å². The third-order valence-corrected chi connectivity index (χ3v) is 2.45. The zero-order chi connectivity index (χ0) is 13.2. The molecule has 0 aliphatic heterocycles. The average molecular weight is 263 g/mol. The molecule has 0 bridgehead atoms. The number of halogens is 1. The van der Waals surface area contributed by atoms with Gasteiger partial charge in [0.1, 0.15) is 0 Å². The Labute approximate surface area is 102 Å². The second kappa shape index (κ2) is 5.11. The Balaban J connectivity index is 3.47. The third kappa shape index (κ3) is 2.37. The second-order valence-corrected chi connectivity index (χ2v) is 3.50. The van der Waals surface area contributed by atoms with Crippen LogP contribution < -0.4 is 9.47 Å². The number of hydrogen-bond donors (Lipinski definition) is 3. The summed E-state index contributed by atoms with van der Waals surface area (Å²) in [7, 11) is 2.60. The first-order valence-corrected chi connectivity index (χ1v) is 4.86. The molecule has 1 unspecified atom stereocenters. The number of rotatable bonds is 4. The molecule has 0 aliphatic rings. The van der Waals surface area contributed by atoms with Crippen molar-refractivity contribution in [3.05, 3.63) is 16.7 Å². The largest absolute Gasteiger partial charge is 0.504 e. The summed E-state index contributed by atoms with van der Waals surface area (Å²) >= 11 is 5.76. The lowest BCUT2D eigenvalue weighted by Crippen LogP contribution is -2.11. The Bertz CT molecular complexity index is 445. The number of hydrogen-bond acceptors (Lipinski definition) is 5. The van der Waals surface area contributed by atoms with E-state index in [-0.39, 0.29) is 22.1 Å². The van der Waals surface area contributed by atoms with Crippen LogP contribution in [0.3, 0.4) is 0 Å². The van der Waals surface area contributed by atoms with Crippen LogP contribution in [0.1, 0.15) is 11.7 Å². The summed E-state index contributed by atoms with van der Waals surface area (Å²) in [6, 6.07) is 1.25. The number of benzene rings is 1. The van der Waals surface area contributed by atoms with Crippen LogP contribution in [0.25, 0.3) is 0 Å². The van der Waals surface area contributed by atoms with Crippen LogP contribution in [0.5, 0.6) is 17.2 Å². The molecule has 1 rings (SSSR count). The molecule has 0 spiro atoms. The summed E-state index contributed by atoms with van der Waals surface area (Å²) in [4.78, 5) is 10.7. The quantitative estimate of drug-likeness (QED) is 0.754. The SMILES string of the molecule is COc1cc(Cl)c(C(O)C(=O)O)c(O)c1OC. The maximum Gasteiger partial charge on any atom is 0.337 e. The molecule has 17 heavy (non-hydrogen) atoms. The van der Waals surface area contributed by atoms with Gasteiger partial charge in [-0.2, -0.15) is 0 Å². The fraction of sp³-hybridized carbons (Fsp3) is 0.300. The van der Waals surface area contributed by atoms with E-state index >= 15 is 0 Å². The smallest absolute Gasteiger partial charge is 0.337 e. The Hall–Kier alpha value is -1.66. The van der Waals surface area contributed by atoms with Gasteiger partial charge in [-0.3, -0.25) is 0 Å². The van der Waals surface area contributed by atoms with Crippen molar-refractivity contribution >= 4 is 17.6 Å². The lowest BCUT2D eigenvalue weighted by molar-refractivity contribution is -0.147. The summed E-state index contributed by atoms with van der Waals surface area (Å²) in [6.45, 7) is 0. The summed E-state index contributed by atoms with van der Waals surface area (Å²) < 4.78 is 9.75. The standard InChI is InChI=1S/C10H11ClO6/c1-16-5-3-4(11)6(8(13)10(14)15)7(12)9(5)17-2/h3,8,12-13H,1-2H3,(H,14,15). The summed E-state index contributed by atoms with van der Waals surface area (Å²) in [5.74, 6) is -2.05. The molecule has 0 saturated carbocycles. The normalized spacial score (nSPS) is 12.0. The molecular formula is C10H11ClO6. The number of aliphatic hydroxyl groups is 1. The Morgan fingerprint density at radius 2 is 2.00 bits per heavy atom. The minimum atomic E-state index is -1.94. The van der Waals surface area contributed by atoms with Gasteiger partial charge in [-0.1, -0.05) is 11.6 Å². The van der Waals surface area contributed by atoms with Crippen molar-refractivity contribution < 1.29 is 29.6 Å². The number of carboxylic acid groups (broad SMARTS) is 1. The van der Waals surface area contributed by atoms with Gasteiger partial charge in [-0.05, 0) is 0 Å². The fourth-order valence-corrected chi connectivity index (χ4v) is 1.63. The van der Waals surface area contributed by atoms with Gasteiger partial charge in [0.25, 0.3) is 0 Å². The Kier molecular flexibility index (Phi) is 4.03. The van der Waals surface area contributed by atoms with Gasteiger partial charge < -0.3 is 24.8 Å². The summed E-state index contributed by atoms with van der Waals surface area (Å²) in [6.07, 6.45) is -1.94. The maximum atomic E-state index is 10.7. The van der Waals surface area contributed by atoms with Gasteiger partial charge in [0.15, 0.2) is 17.6 Å². The van der Waals surface area contributed by atoms with Crippen molar-refractivity contribution in [1.82, 2.24) is 0 Å². The van der Waals surface area contributed by atoms with Crippen LogP contribution in [0.2, 0.25) is 5.02 Å². The predicted octanol–water partition coefficient (Wildman–Crippen LogP) is 1.18. The fourth-order valence-electron chi connectivity index (χ4n) is 1.34. The van der Waals surface area contributed by atoms with E-state index < -0.39 is 17.8 Å². The molecule has 0 heterocycles. The van der Waals surface area contributed by atoms with Gasteiger partial charge in [-0.15, -0.1) is 0 Å². The zero-order valence-electron chi connectivity index (χ0n) is 9.10. The lowest BCUT2D eigenvalue weighted by atomic mass is 10.1. The average Bonchev–Trinajstić information content (AvgIpc) is 2.27. The van der Waals surface area contributed by atoms with E-state index in [1.54, 1.807) is 0 Å². The number of ether oxygens (including phenoxy) is 2. The van der Waals surface area contributed by atoms with E-state index in [0.717, 1.165) is 0 Å². The van der Waals surface area contributed by atoms with Crippen molar-refractivity contribution in [3.63, 3.8) is 0 Å². The van der Waals surface area contributed by atoms with Crippen molar-refractivity contribution in [2.75, 3.05) is 14.2 Å². The Morgan fingerprint density at radius 1 is 1.41 bits per heavy atom. The summed E-state index contributed by atoms with van der Waals surface area (Å²) in [5.41, 5.74) is -0.336. The molecule has 6 nitrogen and oxygen atoms in total. The molecule has 7 heteroatoms. The molecule has 0 aliphatic carbocycles. The first-order valence-electron chi connectivity index (χ1n) is 4.48. The van der Waals surface area contributed by atoms with Crippen LogP contribution in [-0.4, -0.2) is 35.5 Å². The van der Waals surface area contributed by atoms with Crippen LogP contribution in [0.4, 0.5) is 0 Å². The molecule has 1 aromatic carbocycles. The van der Waals surface area contributed by atoms with Gasteiger partial charge >= 0.3 is 5.97 Å². The highest BCUT2D eigenvalue weighted by molar-refractivity contribution is 6.32. The minimum Gasteiger partial charge on any atom is -0.504 e. The number of phenolic OH excluding ortho intramolecular Hbond substituents is 1. The zero-order valence-corrected chi connectivity index (χ0v) is 9.85. The number of methoxy groups -OCH3 is 2. The van der Waals surface area contributed by atoms with Gasteiger partial charge in [0.05, 0.1) is 24.8 Å². The lowest BCUT2D eigenvalue weighted by Gasteiger charge is -2.16. The molecule has 94 valence electrons. The molecule has 3 N–H and O–H groups in total. The minimum absolute atomic E-state index is 0.0906. The first-order chi connectivity index (χ1) is 7.93. The maximum absolute atomic E-state index is 10.7. The van der Waals surface area contributed by atoms with Crippen LogP contribution in [-0.2, 0) is 4.79 Å². The molecule has 0 amide bonds. The van der Waals surface area contributed by atoms with Crippen LogP contribution in [0, 0.1) is 0 Å². The van der Waals surface area contributed by atoms with Crippen molar-refractivity contribution in [3.8, 4) is 17.2 Å². The molecule has 1 aromatic rings. The number of aliphatic carboxylic acids is 1. The number of carbonyl (C=O) groups is 1. The van der Waals surface area contributed by atoms with E-state index in [9.17, 15) is 15.0 Å². The molecule has 0 aromatic heterocycles. The third-order valence-electron chi connectivity index (χ3n) is 2.14. The number of phenols is 1. The van der Waals surface area contributed by atoms with E-state index in [4.69, 9.17) is 26.2 Å². The van der Waals surface area contributed by atoms with Gasteiger partial charge in [0.2, 0.25) is 5.75 Å². The van der Waals surface area contributed by atoms with Crippen molar-refractivity contribution in [2.24, 2.45) is 0 Å². The highest BCUT2D eigenvalue weighted by atomic mass is 35.5. The highest BCUT2D eigenvalue weighted by Gasteiger charge is 2.27. The molecular weight excluding hydrogens is 252 g/mol. The molecule has 0 fully saturated rings. The monoisotopic (exact) mass is 262 g/mol. The predicted molar refractivity (Wildman–Crippen MR) is 58.8 cm³/mol. The topological polar surface area (TPSA) is 96.2 Å². The van der Waals surface area contributed by atoms with Crippen molar-refractivity contribution in [1.29, 1.82) is 0 Å².